The third kappa shape index (κ3) is 6.07. The van der Waals surface area contributed by atoms with Crippen LogP contribution in [0.1, 0.15) is 31.4 Å². The van der Waals surface area contributed by atoms with Crippen LogP contribution in [0.4, 0.5) is 10.1 Å². The lowest BCUT2D eigenvalue weighted by atomic mass is 10.2. The van der Waals surface area contributed by atoms with Gasteiger partial charge in [-0.15, -0.1) is 11.8 Å². The number of hydroxylamine groups is 1. The molecule has 1 heterocycles. The molecule has 0 atom stereocenters. The molecule has 0 aliphatic rings. The number of halogens is 2. The largest absolute Gasteiger partial charge is 0.481 e. The summed E-state index contributed by atoms with van der Waals surface area (Å²) in [5.41, 5.74) is 2.57. The molecule has 0 radical (unpaired) electrons. The normalized spacial score (nSPS) is 11.6. The highest BCUT2D eigenvalue weighted by Crippen LogP contribution is 2.25. The molecule has 0 fully saturated rings. The number of thioether (sulfide) groups is 1. The molecule has 0 amide bonds. The summed E-state index contributed by atoms with van der Waals surface area (Å²) in [5.74, 6) is -0.535. The van der Waals surface area contributed by atoms with Crippen molar-refractivity contribution in [3.8, 4) is 0 Å². The van der Waals surface area contributed by atoms with E-state index in [9.17, 15) is 14.4 Å². The molecule has 2 aromatic rings. The second kappa shape index (κ2) is 10.2. The van der Waals surface area contributed by atoms with Crippen molar-refractivity contribution in [3.63, 3.8) is 0 Å². The molecular weight excluding hydrogens is 431 g/mol. The van der Waals surface area contributed by atoms with Crippen LogP contribution in [-0.4, -0.2) is 38.2 Å². The fourth-order valence-electron chi connectivity index (χ4n) is 1.96. The number of aliphatic imine (C=N–C) groups is 1. The summed E-state index contributed by atoms with van der Waals surface area (Å²) in [6.07, 6.45) is 2.35. The number of carboxylic acids is 1. The van der Waals surface area contributed by atoms with Gasteiger partial charge in [0.15, 0.2) is 16.6 Å². The highest BCUT2D eigenvalue weighted by atomic mass is 79.9. The highest BCUT2D eigenvalue weighted by molar-refractivity contribution is 9.10. The van der Waals surface area contributed by atoms with Gasteiger partial charge in [0.1, 0.15) is 5.82 Å². The Balaban J connectivity index is 2.01. The number of unbranched alkanes of at least 4 members (excludes halogenated alkanes) is 2. The van der Waals surface area contributed by atoms with Gasteiger partial charge in [-0.05, 0) is 63.0 Å². The van der Waals surface area contributed by atoms with Crippen LogP contribution >= 0.6 is 27.7 Å². The zero-order chi connectivity index (χ0) is 18.9. The monoisotopic (exact) mass is 446 g/mol. The smallest absolute Gasteiger partial charge is 0.303 e. The van der Waals surface area contributed by atoms with E-state index in [2.05, 4.69) is 31.2 Å². The van der Waals surface area contributed by atoms with Crippen LogP contribution in [0.25, 0.3) is 0 Å². The summed E-state index contributed by atoms with van der Waals surface area (Å²) in [7, 11) is 0. The van der Waals surface area contributed by atoms with Crippen molar-refractivity contribution in [1.82, 2.24) is 15.8 Å². The average Bonchev–Trinajstić information content (AvgIpc) is 3.07. The molecule has 0 saturated heterocycles. The Kier molecular flexibility index (Phi) is 8.01. The van der Waals surface area contributed by atoms with Gasteiger partial charge in [0.05, 0.1) is 10.2 Å². The van der Waals surface area contributed by atoms with Gasteiger partial charge in [0.25, 0.3) is 0 Å². The molecule has 0 unspecified atom stereocenters. The van der Waals surface area contributed by atoms with E-state index in [0.717, 1.165) is 12.8 Å². The summed E-state index contributed by atoms with van der Waals surface area (Å²) < 4.78 is 18.3. The van der Waals surface area contributed by atoms with Gasteiger partial charge in [-0.2, -0.15) is 0 Å². The standard InChI is InChI=1S/C15H16BrFN4O4S/c16-10-8-9(5-6-11(10)17)18-14(19-24)13-15(21-25-20-13)26-7-3-1-2-4-12(22)23/h5-6,8,24H,1-4,7H2,(H,18,19)(H,22,23). The fourth-order valence-corrected chi connectivity index (χ4v) is 3.22. The Bertz CT molecular complexity index is 787. The topological polar surface area (TPSA) is 121 Å². The first kappa shape index (κ1) is 20.3. The van der Waals surface area contributed by atoms with E-state index in [-0.39, 0.29) is 22.4 Å². The molecule has 140 valence electrons. The van der Waals surface area contributed by atoms with Crippen molar-refractivity contribution in [2.45, 2.75) is 30.7 Å². The molecule has 26 heavy (non-hydrogen) atoms. The SMILES string of the molecule is O=C(O)CCCCCSc1nonc1C(=Nc1ccc(F)c(Br)c1)NO. The van der Waals surface area contributed by atoms with Gasteiger partial charge < -0.3 is 5.11 Å². The summed E-state index contributed by atoms with van der Waals surface area (Å²) >= 11 is 4.43. The summed E-state index contributed by atoms with van der Waals surface area (Å²) in [6.45, 7) is 0. The van der Waals surface area contributed by atoms with E-state index in [1.165, 1.54) is 30.0 Å². The average molecular weight is 447 g/mol. The fraction of sp³-hybridized carbons (Fsp3) is 0.333. The van der Waals surface area contributed by atoms with Crippen LogP contribution in [0.5, 0.6) is 0 Å². The first-order valence-corrected chi connectivity index (χ1v) is 9.40. The van der Waals surface area contributed by atoms with Crippen molar-refractivity contribution in [2.75, 3.05) is 5.75 Å². The quantitative estimate of drug-likeness (QED) is 0.175. The molecular formula is C15H16BrFN4O4S. The van der Waals surface area contributed by atoms with Crippen LogP contribution < -0.4 is 5.48 Å². The van der Waals surface area contributed by atoms with E-state index >= 15 is 0 Å². The number of hydrogen-bond acceptors (Lipinski definition) is 7. The van der Waals surface area contributed by atoms with Crippen LogP contribution in [0.15, 0.2) is 37.3 Å². The maximum absolute atomic E-state index is 13.3. The maximum Gasteiger partial charge on any atom is 0.303 e. The third-order valence-corrected chi connectivity index (χ3v) is 4.85. The number of hydrogen-bond donors (Lipinski definition) is 3. The van der Waals surface area contributed by atoms with Crippen molar-refractivity contribution in [2.24, 2.45) is 4.99 Å². The van der Waals surface area contributed by atoms with Crippen molar-refractivity contribution < 1.29 is 24.1 Å². The third-order valence-electron chi connectivity index (χ3n) is 3.21. The van der Waals surface area contributed by atoms with Gasteiger partial charge in [0.2, 0.25) is 0 Å². The minimum absolute atomic E-state index is 0.0122. The molecule has 1 aromatic carbocycles. The summed E-state index contributed by atoms with van der Waals surface area (Å²) in [5, 5.41) is 25.9. The number of aliphatic carboxylic acids is 1. The Labute approximate surface area is 160 Å². The van der Waals surface area contributed by atoms with E-state index in [0.29, 0.717) is 22.9 Å². The predicted octanol–water partition coefficient (Wildman–Crippen LogP) is 3.77. The Morgan fingerprint density at radius 1 is 1.35 bits per heavy atom. The van der Waals surface area contributed by atoms with Gasteiger partial charge in [-0.1, -0.05) is 6.42 Å². The van der Waals surface area contributed by atoms with E-state index < -0.39 is 11.8 Å². The van der Waals surface area contributed by atoms with Crippen LogP contribution in [0.3, 0.4) is 0 Å². The highest BCUT2D eigenvalue weighted by Gasteiger charge is 2.17. The number of benzene rings is 1. The van der Waals surface area contributed by atoms with Crippen molar-refractivity contribution in [3.05, 3.63) is 34.2 Å². The molecule has 8 nitrogen and oxygen atoms in total. The second-order valence-electron chi connectivity index (χ2n) is 5.14. The lowest BCUT2D eigenvalue weighted by Crippen LogP contribution is -2.21. The summed E-state index contributed by atoms with van der Waals surface area (Å²) in [6, 6.07) is 4.14. The van der Waals surface area contributed by atoms with E-state index in [1.807, 2.05) is 5.48 Å². The Morgan fingerprint density at radius 3 is 2.85 bits per heavy atom. The predicted molar refractivity (Wildman–Crippen MR) is 96.3 cm³/mol. The minimum Gasteiger partial charge on any atom is -0.481 e. The lowest BCUT2D eigenvalue weighted by Gasteiger charge is -2.04. The van der Waals surface area contributed by atoms with Crippen LogP contribution in [-0.2, 0) is 4.79 Å². The maximum atomic E-state index is 13.3. The number of rotatable bonds is 9. The summed E-state index contributed by atoms with van der Waals surface area (Å²) in [4.78, 5) is 14.6. The Hall–Kier alpha value is -1.98. The number of carboxylic acid groups (broad SMARTS) is 1. The Morgan fingerprint density at radius 2 is 2.15 bits per heavy atom. The number of nitrogens with zero attached hydrogens (tertiary/aromatic N) is 3. The second-order valence-corrected chi connectivity index (χ2v) is 7.08. The van der Waals surface area contributed by atoms with E-state index in [1.54, 1.807) is 0 Å². The van der Waals surface area contributed by atoms with E-state index in [4.69, 9.17) is 9.74 Å². The molecule has 0 aliphatic heterocycles. The molecule has 0 spiro atoms. The van der Waals surface area contributed by atoms with Gasteiger partial charge in [-0.25, -0.2) is 14.0 Å². The first-order valence-electron chi connectivity index (χ1n) is 7.62. The zero-order valence-electron chi connectivity index (χ0n) is 13.5. The van der Waals surface area contributed by atoms with Crippen LogP contribution in [0, 0.1) is 5.82 Å². The number of nitrogens with one attached hydrogen (secondary N) is 1. The molecule has 1 aromatic heterocycles. The number of amidine groups is 1. The van der Waals surface area contributed by atoms with Gasteiger partial charge >= 0.3 is 5.97 Å². The van der Waals surface area contributed by atoms with Crippen molar-refractivity contribution >= 4 is 45.2 Å². The van der Waals surface area contributed by atoms with Gasteiger partial charge in [-0.3, -0.25) is 15.5 Å². The van der Waals surface area contributed by atoms with Gasteiger partial charge in [0, 0.05) is 6.42 Å². The molecule has 0 bridgehead atoms. The molecule has 0 aliphatic carbocycles. The van der Waals surface area contributed by atoms with Crippen LogP contribution in [0.2, 0.25) is 0 Å². The van der Waals surface area contributed by atoms with Crippen molar-refractivity contribution in [1.29, 1.82) is 0 Å². The molecule has 11 heteroatoms. The molecule has 0 saturated carbocycles. The zero-order valence-corrected chi connectivity index (χ0v) is 15.9. The lowest BCUT2D eigenvalue weighted by molar-refractivity contribution is -0.137. The number of carbonyl (C=O) groups is 1. The minimum atomic E-state index is -0.803. The number of aromatic nitrogens is 2. The molecule has 2 rings (SSSR count). The first-order chi connectivity index (χ1) is 12.5. The molecule has 3 N–H and O–H groups in total.